The first-order valence-electron chi connectivity index (χ1n) is 14.0. The van der Waals surface area contributed by atoms with Crippen molar-refractivity contribution in [1.29, 1.82) is 5.26 Å². The van der Waals surface area contributed by atoms with Crippen LogP contribution in [0.3, 0.4) is 0 Å². The van der Waals surface area contributed by atoms with Crippen LogP contribution in [-0.4, -0.2) is 44.7 Å². The Morgan fingerprint density at radius 2 is 1.56 bits per heavy atom. The van der Waals surface area contributed by atoms with E-state index in [4.69, 9.17) is 17.7 Å². The van der Waals surface area contributed by atoms with E-state index in [1.165, 1.54) is 0 Å². The number of carbonyl (C=O) groups is 1. The summed E-state index contributed by atoms with van der Waals surface area (Å²) in [6.07, 6.45) is 0.613. The van der Waals surface area contributed by atoms with Crippen LogP contribution in [0.25, 0.3) is 5.57 Å². The van der Waals surface area contributed by atoms with Gasteiger partial charge in [-0.3, -0.25) is 4.79 Å². The number of rotatable bonds is 11. The zero-order valence-corrected chi connectivity index (χ0v) is 29.8. The molecule has 1 aromatic carbocycles. The molecule has 0 spiro atoms. The Morgan fingerprint density at radius 1 is 1.03 bits per heavy atom. The van der Waals surface area contributed by atoms with Crippen LogP contribution in [0.5, 0.6) is 11.5 Å². The molecule has 218 valence electrons. The molecule has 1 aromatic rings. The number of ketones is 1. The zero-order valence-electron chi connectivity index (χ0n) is 26.8. The first-order chi connectivity index (χ1) is 17.5. The largest absolute Gasteiger partial charge is 0.493 e. The molecular formula is C30H51NO5Si3. The molecule has 1 aliphatic rings. The summed E-state index contributed by atoms with van der Waals surface area (Å²) < 4.78 is 25.5. The third-order valence-electron chi connectivity index (χ3n) is 6.59. The number of ether oxygens (including phenoxy) is 2. The molecule has 9 heteroatoms. The Bertz CT molecular complexity index is 1130. The van der Waals surface area contributed by atoms with Gasteiger partial charge < -0.3 is 17.7 Å². The van der Waals surface area contributed by atoms with E-state index in [0.717, 1.165) is 22.7 Å². The third kappa shape index (κ3) is 8.89. The molecule has 1 aliphatic carbocycles. The van der Waals surface area contributed by atoms with Crippen molar-refractivity contribution in [2.75, 3.05) is 13.7 Å². The van der Waals surface area contributed by atoms with E-state index in [9.17, 15) is 10.1 Å². The summed E-state index contributed by atoms with van der Waals surface area (Å²) >= 11 is 0. The van der Waals surface area contributed by atoms with Gasteiger partial charge in [0.1, 0.15) is 6.07 Å². The first-order valence-corrected chi connectivity index (χ1v) is 23.3. The molecule has 2 rings (SSSR count). The van der Waals surface area contributed by atoms with Gasteiger partial charge in [0.2, 0.25) is 0 Å². The summed E-state index contributed by atoms with van der Waals surface area (Å²) in [5.41, 5.74) is 2.13. The van der Waals surface area contributed by atoms with E-state index in [1.54, 1.807) is 7.11 Å². The SMILES string of the molecule is COc1cc2c(cc1OCC(C)C[Si](C)(O[Si](C)(C)C)O[Si](C)(C)C)C(=C(C#N)C(=O)C(C)(C)C)CC2(C)C. The van der Waals surface area contributed by atoms with E-state index >= 15 is 0 Å². The lowest BCUT2D eigenvalue weighted by molar-refractivity contribution is -0.122. The fraction of sp³-hybridized carbons (Fsp3) is 0.667. The monoisotopic (exact) mass is 589 g/mol. The van der Waals surface area contributed by atoms with Gasteiger partial charge in [-0.15, -0.1) is 0 Å². The van der Waals surface area contributed by atoms with Crippen LogP contribution < -0.4 is 9.47 Å². The molecule has 1 unspecified atom stereocenters. The van der Waals surface area contributed by atoms with Gasteiger partial charge in [-0.1, -0.05) is 41.5 Å². The lowest BCUT2D eigenvalue weighted by atomic mass is 9.83. The number of carbonyl (C=O) groups excluding carboxylic acids is 1. The Kier molecular flexibility index (Phi) is 10.0. The van der Waals surface area contributed by atoms with Crippen molar-refractivity contribution in [2.24, 2.45) is 11.3 Å². The summed E-state index contributed by atoms with van der Waals surface area (Å²) in [6, 6.07) is 7.05. The van der Waals surface area contributed by atoms with Crippen LogP contribution in [0.15, 0.2) is 17.7 Å². The Hall–Kier alpha value is -1.71. The summed E-state index contributed by atoms with van der Waals surface area (Å²) in [5.74, 6) is 1.35. The first kappa shape index (κ1) is 33.5. The van der Waals surface area contributed by atoms with Crippen LogP contribution in [0.1, 0.15) is 59.1 Å². The fourth-order valence-electron chi connectivity index (χ4n) is 5.45. The lowest BCUT2D eigenvalue weighted by Gasteiger charge is -2.39. The highest BCUT2D eigenvalue weighted by Gasteiger charge is 2.42. The Labute approximate surface area is 240 Å². The van der Waals surface area contributed by atoms with Gasteiger partial charge in [-0.2, -0.15) is 5.26 Å². The van der Waals surface area contributed by atoms with E-state index in [2.05, 4.69) is 72.7 Å². The van der Waals surface area contributed by atoms with Crippen molar-refractivity contribution in [3.63, 3.8) is 0 Å². The van der Waals surface area contributed by atoms with Gasteiger partial charge >= 0.3 is 8.56 Å². The Morgan fingerprint density at radius 3 is 2.00 bits per heavy atom. The van der Waals surface area contributed by atoms with Crippen LogP contribution in [0, 0.1) is 22.7 Å². The maximum absolute atomic E-state index is 13.2. The second-order valence-electron chi connectivity index (χ2n) is 14.8. The smallest absolute Gasteiger partial charge is 0.314 e. The standard InChI is InChI=1S/C30H51NO5Si3/c1-21(20-39(14,35-37(8,9)10)36-38(11,12)13)19-34-27-15-22-23(24(18-31)28(32)29(2,3)4)17-30(5,6)25(22)16-26(27)33-7/h15-16,21H,17,19-20H2,1-14H3. The van der Waals surface area contributed by atoms with Crippen molar-refractivity contribution in [3.8, 4) is 17.6 Å². The number of methoxy groups -OCH3 is 1. The number of benzene rings is 1. The average molecular weight is 590 g/mol. The summed E-state index contributed by atoms with van der Waals surface area (Å²) in [6.45, 7) is 28.0. The van der Waals surface area contributed by atoms with Gasteiger partial charge in [0.15, 0.2) is 33.9 Å². The molecule has 0 fully saturated rings. The number of nitrogens with zero attached hydrogens (tertiary/aromatic N) is 1. The van der Waals surface area contributed by atoms with E-state index in [0.29, 0.717) is 24.5 Å². The molecule has 0 amide bonds. The highest BCUT2D eigenvalue weighted by atomic mass is 28.5. The number of fused-ring (bicyclic) bond motifs is 1. The normalized spacial score (nSPS) is 17.8. The van der Waals surface area contributed by atoms with Gasteiger partial charge in [0.25, 0.3) is 0 Å². The molecule has 0 aliphatic heterocycles. The van der Waals surface area contributed by atoms with E-state index < -0.39 is 30.6 Å². The van der Waals surface area contributed by atoms with Crippen LogP contribution in [-0.2, 0) is 18.4 Å². The predicted octanol–water partition coefficient (Wildman–Crippen LogP) is 8.06. The second kappa shape index (κ2) is 11.6. The van der Waals surface area contributed by atoms with Crippen molar-refractivity contribution >= 4 is 36.6 Å². The maximum Gasteiger partial charge on any atom is 0.314 e. The van der Waals surface area contributed by atoms with Gasteiger partial charge in [-0.05, 0) is 98.5 Å². The number of nitriles is 1. The molecule has 6 nitrogen and oxygen atoms in total. The van der Waals surface area contributed by atoms with Crippen molar-refractivity contribution < 1.29 is 22.5 Å². The average Bonchev–Trinajstić information content (AvgIpc) is 2.98. The number of Topliss-reactive ketones (excluding diaryl/α,β-unsaturated/α-hetero) is 1. The maximum atomic E-state index is 13.2. The molecule has 0 bridgehead atoms. The minimum Gasteiger partial charge on any atom is -0.493 e. The third-order valence-corrected chi connectivity index (χ3v) is 16.4. The topological polar surface area (TPSA) is 77.8 Å². The van der Waals surface area contributed by atoms with Gasteiger partial charge in [-0.25, -0.2) is 0 Å². The quantitative estimate of drug-likeness (QED) is 0.148. The summed E-state index contributed by atoms with van der Waals surface area (Å²) in [7, 11) is -4.35. The summed E-state index contributed by atoms with van der Waals surface area (Å²) in [4.78, 5) is 13.2. The Balaban J connectivity index is 2.43. The number of allylic oxidation sites excluding steroid dienone is 2. The van der Waals surface area contributed by atoms with Crippen molar-refractivity contribution in [2.45, 2.75) is 105 Å². The van der Waals surface area contributed by atoms with Gasteiger partial charge in [0.05, 0.1) is 19.3 Å². The molecule has 0 saturated carbocycles. The molecule has 0 aromatic heterocycles. The summed E-state index contributed by atoms with van der Waals surface area (Å²) in [5, 5.41) is 10.0. The van der Waals surface area contributed by atoms with Crippen LogP contribution >= 0.6 is 0 Å². The minimum absolute atomic E-state index is 0.135. The number of hydrogen-bond acceptors (Lipinski definition) is 6. The fourth-order valence-corrected chi connectivity index (χ4v) is 18.4. The zero-order chi connectivity index (χ0) is 30.2. The predicted molar refractivity (Wildman–Crippen MR) is 168 cm³/mol. The lowest BCUT2D eigenvalue weighted by Crippen LogP contribution is -2.53. The molecule has 39 heavy (non-hydrogen) atoms. The highest BCUT2D eigenvalue weighted by Crippen LogP contribution is 2.50. The number of hydrogen-bond donors (Lipinski definition) is 0. The van der Waals surface area contributed by atoms with Crippen molar-refractivity contribution in [3.05, 3.63) is 28.8 Å². The molecular weight excluding hydrogens is 539 g/mol. The van der Waals surface area contributed by atoms with Crippen molar-refractivity contribution in [1.82, 2.24) is 0 Å². The molecule has 0 N–H and O–H groups in total. The van der Waals surface area contributed by atoms with E-state index in [-0.39, 0.29) is 22.7 Å². The molecule has 0 saturated heterocycles. The highest BCUT2D eigenvalue weighted by molar-refractivity contribution is 6.87. The second-order valence-corrected chi connectivity index (χ2v) is 27.6. The minimum atomic E-state index is -2.41. The van der Waals surface area contributed by atoms with E-state index in [1.807, 2.05) is 32.9 Å². The van der Waals surface area contributed by atoms with Crippen LogP contribution in [0.2, 0.25) is 51.9 Å². The molecule has 1 atom stereocenters. The van der Waals surface area contributed by atoms with Crippen LogP contribution in [0.4, 0.5) is 0 Å². The molecule has 0 heterocycles. The molecule has 0 radical (unpaired) electrons. The van der Waals surface area contributed by atoms with Gasteiger partial charge in [0, 0.05) is 5.41 Å².